The third kappa shape index (κ3) is 3.92. The Morgan fingerprint density at radius 2 is 1.89 bits per heavy atom. The zero-order valence-electron chi connectivity index (χ0n) is 23.4. The van der Waals surface area contributed by atoms with Crippen LogP contribution >= 0.6 is 0 Å². The van der Waals surface area contributed by atoms with Gasteiger partial charge in [0.05, 0.1) is 30.1 Å². The largest absolute Gasteiger partial charge is 0.394 e. The van der Waals surface area contributed by atoms with E-state index in [0.717, 1.165) is 16.8 Å². The maximum atomic E-state index is 14.6. The van der Waals surface area contributed by atoms with Crippen LogP contribution in [-0.4, -0.2) is 82.7 Å². The van der Waals surface area contributed by atoms with Gasteiger partial charge in [0.2, 0.25) is 11.8 Å². The molecule has 206 valence electrons. The summed E-state index contributed by atoms with van der Waals surface area (Å²) < 4.78 is 6.80. The van der Waals surface area contributed by atoms with E-state index in [1.165, 1.54) is 4.90 Å². The number of aryl methyl sites for hydroxylation is 2. The number of amides is 3. The summed E-state index contributed by atoms with van der Waals surface area (Å²) in [6.45, 7) is 17.4. The van der Waals surface area contributed by atoms with Crippen LogP contribution in [0.1, 0.15) is 38.3 Å². The van der Waals surface area contributed by atoms with Gasteiger partial charge in [0, 0.05) is 25.8 Å². The molecule has 0 aromatic heterocycles. The number of aliphatic hydroxyl groups excluding tert-OH is 1. The standard InChI is InChI=1S/C30H41N3O5/c1-9-13-31(8)26(35)23-24-27(36)33(21(6)17-34)25(30(24)16-20(5)29(23,7)38-30)28(37)32(14-10-2)22-15-18(3)11-12-19(22)4/h9-12,15,20-21,23-25,34H,1-2,13-14,16-17H2,3-8H3/t20?,21-,23+,24+,25?,29-,30?/m1/s1. The maximum absolute atomic E-state index is 14.6. The normalized spacial score (nSPS) is 32.2. The molecule has 1 N–H and O–H groups in total. The highest BCUT2D eigenvalue weighted by molar-refractivity contribution is 6.05. The number of carbonyl (C=O) groups excluding carboxylic acids is 3. The van der Waals surface area contributed by atoms with E-state index in [9.17, 15) is 19.5 Å². The lowest BCUT2D eigenvalue weighted by molar-refractivity contribution is -0.152. The third-order valence-electron chi connectivity index (χ3n) is 9.00. The van der Waals surface area contributed by atoms with Crippen molar-refractivity contribution in [2.75, 3.05) is 31.6 Å². The average Bonchev–Trinajstić information content (AvgIpc) is 3.39. The Balaban J connectivity index is 1.88. The van der Waals surface area contributed by atoms with Crippen molar-refractivity contribution in [2.45, 2.75) is 64.3 Å². The minimum atomic E-state index is -1.18. The molecule has 0 aliphatic carbocycles. The first kappa shape index (κ1) is 28.0. The van der Waals surface area contributed by atoms with Gasteiger partial charge in [0.15, 0.2) is 0 Å². The fraction of sp³-hybridized carbons (Fsp3) is 0.567. The zero-order valence-corrected chi connectivity index (χ0v) is 23.4. The van der Waals surface area contributed by atoms with Crippen molar-refractivity contribution in [1.82, 2.24) is 9.80 Å². The van der Waals surface area contributed by atoms with Crippen LogP contribution in [0.2, 0.25) is 0 Å². The molecular weight excluding hydrogens is 482 g/mol. The first-order chi connectivity index (χ1) is 17.9. The van der Waals surface area contributed by atoms with Crippen LogP contribution in [0.25, 0.3) is 0 Å². The van der Waals surface area contributed by atoms with E-state index in [1.54, 1.807) is 35.9 Å². The van der Waals surface area contributed by atoms with E-state index in [1.807, 2.05) is 45.9 Å². The number of hydrogen-bond acceptors (Lipinski definition) is 5. The van der Waals surface area contributed by atoms with Crippen LogP contribution in [0.3, 0.4) is 0 Å². The number of nitrogens with zero attached hydrogens (tertiary/aromatic N) is 3. The highest BCUT2D eigenvalue weighted by Crippen LogP contribution is 2.65. The van der Waals surface area contributed by atoms with E-state index in [-0.39, 0.29) is 36.8 Å². The summed E-state index contributed by atoms with van der Waals surface area (Å²) >= 11 is 0. The maximum Gasteiger partial charge on any atom is 0.253 e. The molecule has 1 spiro atoms. The number of likely N-dealkylation sites (N-methyl/N-ethyl adjacent to an activating group) is 1. The lowest BCUT2D eigenvalue weighted by atomic mass is 9.62. The molecule has 3 aliphatic heterocycles. The Morgan fingerprint density at radius 1 is 1.24 bits per heavy atom. The number of likely N-dealkylation sites (tertiary alicyclic amines) is 1. The van der Waals surface area contributed by atoms with Crippen LogP contribution in [0.15, 0.2) is 43.5 Å². The smallest absolute Gasteiger partial charge is 0.253 e. The molecule has 3 heterocycles. The summed E-state index contributed by atoms with van der Waals surface area (Å²) in [4.78, 5) is 47.4. The van der Waals surface area contributed by atoms with E-state index < -0.39 is 35.1 Å². The minimum absolute atomic E-state index is 0.0640. The number of fused-ring (bicyclic) bond motifs is 1. The van der Waals surface area contributed by atoms with Crippen molar-refractivity contribution in [1.29, 1.82) is 0 Å². The number of anilines is 1. The SMILES string of the molecule is C=CCN(C)C(=O)[C@@H]1[C@H]2C(=O)N([C@H](C)CO)C(C(=O)N(CC=C)c3cc(C)ccc3C)C23CC(C)[C@@]1(C)O3. The van der Waals surface area contributed by atoms with Gasteiger partial charge in [0.1, 0.15) is 11.6 Å². The van der Waals surface area contributed by atoms with Crippen molar-refractivity contribution < 1.29 is 24.2 Å². The van der Waals surface area contributed by atoms with E-state index in [4.69, 9.17) is 4.74 Å². The van der Waals surface area contributed by atoms with Crippen molar-refractivity contribution in [2.24, 2.45) is 17.8 Å². The summed E-state index contributed by atoms with van der Waals surface area (Å²) in [7, 11) is 1.69. The summed E-state index contributed by atoms with van der Waals surface area (Å²) in [5.41, 5.74) is 0.577. The van der Waals surface area contributed by atoms with Gasteiger partial charge in [-0.15, -0.1) is 13.2 Å². The lowest BCUT2D eigenvalue weighted by Crippen LogP contribution is -2.58. The van der Waals surface area contributed by atoms with E-state index >= 15 is 0 Å². The van der Waals surface area contributed by atoms with Gasteiger partial charge >= 0.3 is 0 Å². The molecule has 38 heavy (non-hydrogen) atoms. The summed E-state index contributed by atoms with van der Waals surface area (Å²) in [6.07, 6.45) is 3.78. The van der Waals surface area contributed by atoms with E-state index in [0.29, 0.717) is 13.0 Å². The minimum Gasteiger partial charge on any atom is -0.394 e. The number of benzene rings is 1. The van der Waals surface area contributed by atoms with Gasteiger partial charge in [-0.1, -0.05) is 31.2 Å². The van der Waals surface area contributed by atoms with Crippen molar-refractivity contribution >= 4 is 23.4 Å². The van der Waals surface area contributed by atoms with Crippen molar-refractivity contribution in [3.05, 3.63) is 54.6 Å². The van der Waals surface area contributed by atoms with Gasteiger partial charge in [-0.2, -0.15) is 0 Å². The number of aliphatic hydroxyl groups is 1. The molecule has 3 fully saturated rings. The van der Waals surface area contributed by atoms with Crippen LogP contribution in [0, 0.1) is 31.6 Å². The van der Waals surface area contributed by atoms with Crippen LogP contribution < -0.4 is 4.90 Å². The van der Waals surface area contributed by atoms with Gasteiger partial charge in [-0.3, -0.25) is 14.4 Å². The van der Waals surface area contributed by atoms with Gasteiger partial charge in [0.25, 0.3) is 5.91 Å². The van der Waals surface area contributed by atoms with Crippen molar-refractivity contribution in [3.63, 3.8) is 0 Å². The Kier molecular flexibility index (Phi) is 7.36. The predicted octanol–water partition coefficient (Wildman–Crippen LogP) is 2.86. The lowest BCUT2D eigenvalue weighted by Gasteiger charge is -2.39. The average molecular weight is 524 g/mol. The fourth-order valence-electron chi connectivity index (χ4n) is 7.01. The van der Waals surface area contributed by atoms with Crippen LogP contribution in [-0.2, 0) is 19.1 Å². The molecule has 2 bridgehead atoms. The summed E-state index contributed by atoms with van der Waals surface area (Å²) in [5, 5.41) is 10.2. The molecule has 7 atom stereocenters. The second kappa shape index (κ2) is 9.97. The second-order valence-corrected chi connectivity index (χ2v) is 11.5. The van der Waals surface area contributed by atoms with Gasteiger partial charge < -0.3 is 24.5 Å². The zero-order chi connectivity index (χ0) is 28.2. The van der Waals surface area contributed by atoms with Crippen LogP contribution in [0.4, 0.5) is 5.69 Å². The Hall–Kier alpha value is -2.97. The first-order valence-corrected chi connectivity index (χ1v) is 13.4. The Morgan fingerprint density at radius 3 is 2.50 bits per heavy atom. The molecule has 0 saturated carbocycles. The summed E-state index contributed by atoms with van der Waals surface area (Å²) in [5.74, 6) is -2.43. The predicted molar refractivity (Wildman–Crippen MR) is 146 cm³/mol. The fourth-order valence-corrected chi connectivity index (χ4v) is 7.01. The molecule has 3 saturated heterocycles. The van der Waals surface area contributed by atoms with E-state index in [2.05, 4.69) is 13.2 Å². The molecule has 8 nitrogen and oxygen atoms in total. The molecule has 1 aromatic carbocycles. The quantitative estimate of drug-likeness (QED) is 0.503. The molecule has 3 unspecified atom stereocenters. The van der Waals surface area contributed by atoms with Crippen molar-refractivity contribution in [3.8, 4) is 0 Å². The highest BCUT2D eigenvalue weighted by Gasteiger charge is 2.80. The number of ether oxygens (including phenoxy) is 1. The summed E-state index contributed by atoms with van der Waals surface area (Å²) in [6, 6.07) is 4.29. The highest BCUT2D eigenvalue weighted by atomic mass is 16.5. The monoisotopic (exact) mass is 523 g/mol. The molecule has 3 aliphatic rings. The van der Waals surface area contributed by atoms with Gasteiger partial charge in [-0.05, 0) is 57.2 Å². The third-order valence-corrected chi connectivity index (χ3v) is 9.00. The van der Waals surface area contributed by atoms with Crippen LogP contribution in [0.5, 0.6) is 0 Å². The molecule has 8 heteroatoms. The molecule has 3 amide bonds. The van der Waals surface area contributed by atoms with Gasteiger partial charge in [-0.25, -0.2) is 0 Å². The number of carbonyl (C=O) groups is 3. The Bertz CT molecular complexity index is 1170. The number of hydrogen-bond donors (Lipinski definition) is 1. The topological polar surface area (TPSA) is 90.4 Å². The second-order valence-electron chi connectivity index (χ2n) is 11.5. The Labute approximate surface area is 225 Å². The molecule has 0 radical (unpaired) electrons. The molecule has 1 aromatic rings. The number of rotatable bonds is 9. The first-order valence-electron chi connectivity index (χ1n) is 13.4. The molecular formula is C30H41N3O5. The molecule has 4 rings (SSSR count).